The minimum atomic E-state index is -4.72. The van der Waals surface area contributed by atoms with Gasteiger partial charge in [-0.3, -0.25) is 18.9 Å². The third-order valence-electron chi connectivity index (χ3n) is 11.2. The number of halogens is 2. The molecule has 0 aromatic heterocycles. The largest absolute Gasteiger partial charge is 2.00 e. The molecule has 75 heavy (non-hydrogen) atoms. The van der Waals surface area contributed by atoms with Crippen molar-refractivity contribution in [2.24, 2.45) is 25.4 Å². The fourth-order valence-electron chi connectivity index (χ4n) is 7.69. The molecule has 8 aromatic rings. The summed E-state index contributed by atoms with van der Waals surface area (Å²) in [5, 5.41) is 58.2. The van der Waals surface area contributed by atoms with Crippen LogP contribution >= 0.6 is 23.2 Å². The van der Waals surface area contributed by atoms with Gasteiger partial charge in [-0.15, -0.1) is 15.3 Å². The van der Waals surface area contributed by atoms with Crippen molar-refractivity contribution < 1.29 is 55.5 Å². The van der Waals surface area contributed by atoms with Crippen LogP contribution in [0.3, 0.4) is 0 Å². The van der Waals surface area contributed by atoms with E-state index < -0.39 is 53.3 Å². The first-order valence-corrected chi connectivity index (χ1v) is 25.7. The van der Waals surface area contributed by atoms with Crippen LogP contribution in [0.2, 0.25) is 10.0 Å². The summed E-state index contributed by atoms with van der Waals surface area (Å²) in [6.45, 7) is 3.41. The molecule has 0 unspecified atom stereocenters. The number of nitrogens with one attached hydrogen (secondary N) is 1. The van der Waals surface area contributed by atoms with E-state index in [2.05, 4.69) is 30.8 Å². The van der Waals surface area contributed by atoms with E-state index in [1.54, 1.807) is 111 Å². The Balaban J connectivity index is 0.000000241. The van der Waals surface area contributed by atoms with Crippen molar-refractivity contribution in [2.45, 2.75) is 36.5 Å². The van der Waals surface area contributed by atoms with Gasteiger partial charge in [0, 0.05) is 10.8 Å². The van der Waals surface area contributed by atoms with Crippen LogP contribution in [0.1, 0.15) is 40.9 Å². The molecule has 0 fully saturated rings. The Hall–Kier alpha value is -6.41. The normalized spacial score (nSPS) is 11.9. The number of amides is 1. The molecule has 18 nitrogen and oxygen atoms in total. The fraction of sp³-hybridized carbons (Fsp3) is 0.115. The molecule has 0 saturated heterocycles. The molecular formula is C52H42BaCl2N6O12S2. The number of aromatic hydroxyl groups is 1. The number of azo groups is 2. The second-order valence-corrected chi connectivity index (χ2v) is 19.3. The summed E-state index contributed by atoms with van der Waals surface area (Å²) in [6.07, 6.45) is 0.542. The van der Waals surface area contributed by atoms with Crippen molar-refractivity contribution in [1.29, 1.82) is 0 Å². The summed E-state index contributed by atoms with van der Waals surface area (Å²) in [7, 11) is -6.51. The van der Waals surface area contributed by atoms with Crippen LogP contribution < -0.4 is 25.0 Å². The standard InChI is InChI=1S/2C26H22ClN3O6S.Ba/c2*1-3-15-12-13-19(27)23(25(15)37(33,34)35)30-29-22-17-9-5-4-8-16(17)14-18(24(22)31)26(32)28-20-10-6-7-11-21(20)36-2;/h2*4-14,31H,3H2,1-2H3,(H,28,32)(H,33,34,35);/q;;+2/p-2. The minimum Gasteiger partial charge on any atom is -0.871 e. The second kappa shape index (κ2) is 25.0. The van der Waals surface area contributed by atoms with E-state index in [1.165, 1.54) is 50.6 Å². The Morgan fingerprint density at radius 3 is 1.57 bits per heavy atom. The molecule has 23 heteroatoms. The molecule has 4 N–H and O–H groups in total. The Labute approximate surface area is 481 Å². The third-order valence-corrected chi connectivity index (χ3v) is 13.8. The smallest absolute Gasteiger partial charge is 0.871 e. The van der Waals surface area contributed by atoms with Crippen LogP contribution in [0.25, 0.3) is 21.5 Å². The number of methoxy groups -OCH3 is 2. The number of fused-ring (bicyclic) bond motifs is 2. The van der Waals surface area contributed by atoms with Gasteiger partial charge in [0.15, 0.2) is 5.75 Å². The van der Waals surface area contributed by atoms with Crippen LogP contribution in [0.5, 0.6) is 23.0 Å². The summed E-state index contributed by atoms with van der Waals surface area (Å²) in [5.41, 5.74) is -0.0495. The third kappa shape index (κ3) is 13.0. The van der Waals surface area contributed by atoms with Gasteiger partial charge in [-0.2, -0.15) is 21.9 Å². The molecule has 0 radical (unpaired) electrons. The molecule has 0 heterocycles. The number of carbonyl (C=O) groups is 1. The monoisotopic (exact) mass is 1210 g/mol. The van der Waals surface area contributed by atoms with Crippen LogP contribution in [0, 0.1) is 0 Å². The van der Waals surface area contributed by atoms with E-state index in [1.807, 2.05) is 0 Å². The maximum absolute atomic E-state index is 13.4. The number of hydrogen-bond donors (Lipinski definition) is 4. The fourth-order valence-corrected chi connectivity index (χ4v) is 10.1. The molecule has 0 bridgehead atoms. The number of phenolic OH excluding ortho intramolecular Hbond substituents is 1. The van der Waals surface area contributed by atoms with Gasteiger partial charge in [0.05, 0.1) is 41.2 Å². The molecule has 0 aliphatic rings. The van der Waals surface area contributed by atoms with E-state index in [-0.39, 0.29) is 117 Å². The van der Waals surface area contributed by atoms with Gasteiger partial charge in [0.2, 0.25) is 0 Å². The van der Waals surface area contributed by atoms with Crippen LogP contribution in [-0.4, -0.2) is 106 Å². The number of rotatable bonds is 14. The van der Waals surface area contributed by atoms with E-state index >= 15 is 0 Å². The van der Waals surface area contributed by atoms with Crippen molar-refractivity contribution in [1.82, 2.24) is 0 Å². The number of phenols is 1. The number of hydrogen-bond acceptors (Lipinski definition) is 15. The van der Waals surface area contributed by atoms with Crippen molar-refractivity contribution >= 4 is 160 Å². The number of nitrogens with zero attached hydrogens (tertiary/aromatic N) is 5. The predicted molar refractivity (Wildman–Crippen MR) is 285 cm³/mol. The average molecular weight is 1220 g/mol. The van der Waals surface area contributed by atoms with Crippen molar-refractivity contribution in [3.05, 3.63) is 166 Å². The van der Waals surface area contributed by atoms with Crippen molar-refractivity contribution in [2.75, 3.05) is 19.5 Å². The summed E-state index contributed by atoms with van der Waals surface area (Å²) in [4.78, 5) is 16.2. The van der Waals surface area contributed by atoms with Gasteiger partial charge in [-0.1, -0.05) is 128 Å². The Bertz CT molecular complexity index is 3830. The van der Waals surface area contributed by atoms with Gasteiger partial charge in [0.25, 0.3) is 26.1 Å². The zero-order chi connectivity index (χ0) is 53.5. The topological polar surface area (TPSA) is 284 Å². The predicted octanol–water partition coefficient (Wildman–Crippen LogP) is 11.5. The molecule has 0 atom stereocenters. The molecule has 0 aliphatic heterocycles. The molecule has 0 spiro atoms. The number of aryl methyl sites for hydroxylation is 2. The van der Waals surface area contributed by atoms with E-state index in [9.17, 15) is 46.1 Å². The van der Waals surface area contributed by atoms with Crippen LogP contribution in [0.15, 0.2) is 169 Å². The second-order valence-electron chi connectivity index (χ2n) is 15.7. The van der Waals surface area contributed by atoms with E-state index in [4.69, 9.17) is 32.7 Å². The molecule has 8 aromatic carbocycles. The summed E-state index contributed by atoms with van der Waals surface area (Å²) in [5.74, 6) is -1.91. The minimum absolute atomic E-state index is 0. The molecule has 1 amide bonds. The first kappa shape index (κ1) is 57.9. The maximum atomic E-state index is 13.4. The van der Waals surface area contributed by atoms with Crippen LogP contribution in [-0.2, 0) is 33.1 Å². The van der Waals surface area contributed by atoms with Gasteiger partial charge < -0.3 is 30.1 Å². The summed E-state index contributed by atoms with van der Waals surface area (Å²) in [6, 6.07) is 35.6. The number of anilines is 1. The Morgan fingerprint density at radius 2 is 1.05 bits per heavy atom. The first-order chi connectivity index (χ1) is 35.3. The van der Waals surface area contributed by atoms with Crippen molar-refractivity contribution in [3.63, 3.8) is 0 Å². The molecule has 380 valence electrons. The van der Waals surface area contributed by atoms with Crippen molar-refractivity contribution in [3.8, 4) is 23.0 Å². The van der Waals surface area contributed by atoms with E-state index in [0.717, 1.165) is 0 Å². The average Bonchev–Trinajstić information content (AvgIpc) is 3.38. The SMILES string of the molecule is CCc1ccc(Cl)c(N=Nc2c(O)c(C(=O)Nc3ccccc3OC)cc3ccccc23)c1S(=O)(=O)O.CCc1ccc(Cl)c(N=Nc2c([O-])c(C([O-])=Nc3ccccc3OC)cc3ccccc23)c1S(=O)(=O)O.[Ba+2]. The number of carbonyl (C=O) groups excluding carboxylic acids is 1. The molecule has 8 rings (SSSR count). The molecule has 0 saturated carbocycles. The zero-order valence-electron chi connectivity index (χ0n) is 40.1. The molecule has 0 aliphatic carbocycles. The van der Waals surface area contributed by atoms with Crippen LogP contribution in [0.4, 0.5) is 34.1 Å². The van der Waals surface area contributed by atoms with Gasteiger partial charge in [-0.05, 0) is 94.7 Å². The number of ether oxygens (including phenoxy) is 2. The number of benzene rings is 8. The zero-order valence-corrected chi connectivity index (χ0v) is 47.7. The van der Waals surface area contributed by atoms with Gasteiger partial charge >= 0.3 is 48.9 Å². The number of para-hydroxylation sites is 4. The molecular weight excluding hydrogens is 1170 g/mol. The number of aliphatic imine (C=N–C) groups is 1. The summed E-state index contributed by atoms with van der Waals surface area (Å²) < 4.78 is 78.6. The first-order valence-electron chi connectivity index (χ1n) is 22.0. The van der Waals surface area contributed by atoms with Gasteiger partial charge in [0.1, 0.15) is 44.0 Å². The Kier molecular flexibility index (Phi) is 19.3. The summed E-state index contributed by atoms with van der Waals surface area (Å²) >= 11 is 12.4. The van der Waals surface area contributed by atoms with E-state index in [0.29, 0.717) is 44.3 Å². The Morgan fingerprint density at radius 1 is 0.613 bits per heavy atom. The van der Waals surface area contributed by atoms with Gasteiger partial charge in [-0.25, -0.2) is 0 Å². The maximum Gasteiger partial charge on any atom is 2.00 e. The quantitative estimate of drug-likeness (QED) is 0.0260.